The standard InChI is InChI=1S/C9H8ClNO.C8H14O3/c1-2-12-9-4-3-8(10)5-7(9)6-11;1-3-4-5-11-8(10)6-7(2)9/h3-5H,2H2,1H3;3-6H2,1-2H3. The average Bonchev–Trinajstić information content (AvgIpc) is 2.49. The topological polar surface area (TPSA) is 76.4 Å². The maximum atomic E-state index is 10.7. The first-order valence-electron chi connectivity index (χ1n) is 7.42. The van der Waals surface area contributed by atoms with Gasteiger partial charge in [-0.05, 0) is 38.5 Å². The first-order chi connectivity index (χ1) is 10.9. The number of carbonyl (C=O) groups is 2. The highest BCUT2D eigenvalue weighted by molar-refractivity contribution is 6.30. The second-order valence-electron chi connectivity index (χ2n) is 4.64. The fraction of sp³-hybridized carbons (Fsp3) is 0.471. The summed E-state index contributed by atoms with van der Waals surface area (Å²) in [7, 11) is 0. The number of rotatable bonds is 7. The van der Waals surface area contributed by atoms with Crippen molar-refractivity contribution in [3.63, 3.8) is 0 Å². The smallest absolute Gasteiger partial charge is 0.313 e. The Bertz CT molecular complexity index is 552. The predicted octanol–water partition coefficient (Wildman–Crippen LogP) is 3.92. The SMILES string of the molecule is CCCCOC(=O)CC(C)=O.CCOc1ccc(Cl)cc1C#N. The molecule has 0 aliphatic heterocycles. The molecule has 0 amide bonds. The molecule has 1 rings (SSSR count). The van der Waals surface area contributed by atoms with E-state index in [0.29, 0.717) is 29.5 Å². The number of nitriles is 1. The second-order valence-corrected chi connectivity index (χ2v) is 5.07. The maximum absolute atomic E-state index is 10.7. The Hall–Kier alpha value is -2.06. The highest BCUT2D eigenvalue weighted by Crippen LogP contribution is 2.21. The summed E-state index contributed by atoms with van der Waals surface area (Å²) in [6, 6.07) is 7.00. The Morgan fingerprint density at radius 3 is 2.52 bits per heavy atom. The number of Topliss-reactive ketones (excluding diaryl/α,β-unsaturated/α-hetero) is 1. The fourth-order valence-corrected chi connectivity index (χ4v) is 1.63. The van der Waals surface area contributed by atoms with E-state index in [1.54, 1.807) is 18.2 Å². The average molecular weight is 340 g/mol. The summed E-state index contributed by atoms with van der Waals surface area (Å²) in [4.78, 5) is 21.1. The van der Waals surface area contributed by atoms with Crippen molar-refractivity contribution in [1.82, 2.24) is 0 Å². The van der Waals surface area contributed by atoms with E-state index in [9.17, 15) is 9.59 Å². The molecule has 0 saturated carbocycles. The zero-order valence-electron chi connectivity index (χ0n) is 13.7. The number of carbonyl (C=O) groups excluding carboxylic acids is 2. The molecule has 0 saturated heterocycles. The predicted molar refractivity (Wildman–Crippen MR) is 88.5 cm³/mol. The molecule has 0 unspecified atom stereocenters. The van der Waals surface area contributed by atoms with Crippen LogP contribution in [0.3, 0.4) is 0 Å². The van der Waals surface area contributed by atoms with Gasteiger partial charge in [-0.2, -0.15) is 5.26 Å². The van der Waals surface area contributed by atoms with E-state index in [-0.39, 0.29) is 12.2 Å². The number of ether oxygens (including phenoxy) is 2. The minimum absolute atomic E-state index is 0.0935. The van der Waals surface area contributed by atoms with Crippen molar-refractivity contribution in [2.24, 2.45) is 0 Å². The van der Waals surface area contributed by atoms with Crippen LogP contribution in [-0.2, 0) is 14.3 Å². The monoisotopic (exact) mass is 339 g/mol. The van der Waals surface area contributed by atoms with Gasteiger partial charge in [0.1, 0.15) is 24.0 Å². The number of hydrogen-bond acceptors (Lipinski definition) is 5. The molecule has 1 aromatic carbocycles. The fourth-order valence-electron chi connectivity index (χ4n) is 1.46. The van der Waals surface area contributed by atoms with Gasteiger partial charge in [0.25, 0.3) is 0 Å². The Balaban J connectivity index is 0.000000423. The van der Waals surface area contributed by atoms with Gasteiger partial charge < -0.3 is 9.47 Å². The minimum atomic E-state index is -0.411. The van der Waals surface area contributed by atoms with Crippen LogP contribution in [0.25, 0.3) is 0 Å². The highest BCUT2D eigenvalue weighted by Gasteiger charge is 2.04. The van der Waals surface area contributed by atoms with Crippen molar-refractivity contribution < 1.29 is 19.1 Å². The van der Waals surface area contributed by atoms with Gasteiger partial charge in [0.2, 0.25) is 0 Å². The van der Waals surface area contributed by atoms with Crippen molar-refractivity contribution in [3.8, 4) is 11.8 Å². The van der Waals surface area contributed by atoms with E-state index in [1.165, 1.54) is 6.92 Å². The Morgan fingerprint density at radius 1 is 1.30 bits per heavy atom. The third kappa shape index (κ3) is 10.3. The summed E-state index contributed by atoms with van der Waals surface area (Å²) in [5, 5.41) is 9.23. The summed E-state index contributed by atoms with van der Waals surface area (Å²) >= 11 is 5.69. The van der Waals surface area contributed by atoms with Crippen LogP contribution in [0.2, 0.25) is 5.02 Å². The molecular formula is C17H22ClNO4. The lowest BCUT2D eigenvalue weighted by Gasteiger charge is -2.04. The van der Waals surface area contributed by atoms with Crippen LogP contribution in [0.5, 0.6) is 5.75 Å². The molecule has 0 radical (unpaired) electrons. The van der Waals surface area contributed by atoms with E-state index in [0.717, 1.165) is 12.8 Å². The van der Waals surface area contributed by atoms with Crippen LogP contribution in [0.1, 0.15) is 45.6 Å². The molecule has 23 heavy (non-hydrogen) atoms. The molecule has 0 N–H and O–H groups in total. The molecule has 0 aromatic heterocycles. The second kappa shape index (κ2) is 12.5. The first-order valence-corrected chi connectivity index (χ1v) is 7.79. The molecule has 0 aliphatic carbocycles. The zero-order chi connectivity index (χ0) is 17.7. The van der Waals surface area contributed by atoms with Crippen LogP contribution in [0, 0.1) is 11.3 Å². The van der Waals surface area contributed by atoms with Gasteiger partial charge in [0.15, 0.2) is 0 Å². The van der Waals surface area contributed by atoms with Crippen molar-refractivity contribution in [2.45, 2.75) is 40.0 Å². The van der Waals surface area contributed by atoms with Gasteiger partial charge in [-0.3, -0.25) is 9.59 Å². The third-order valence-electron chi connectivity index (χ3n) is 2.52. The van der Waals surface area contributed by atoms with Crippen LogP contribution in [0.15, 0.2) is 18.2 Å². The molecule has 0 atom stereocenters. The van der Waals surface area contributed by atoms with Crippen molar-refractivity contribution in [3.05, 3.63) is 28.8 Å². The number of unbranched alkanes of at least 4 members (excludes halogenated alkanes) is 1. The van der Waals surface area contributed by atoms with E-state index in [1.807, 2.05) is 19.9 Å². The number of ketones is 1. The summed E-state index contributed by atoms with van der Waals surface area (Å²) in [6.45, 7) is 6.24. The summed E-state index contributed by atoms with van der Waals surface area (Å²) in [5.41, 5.74) is 0.476. The third-order valence-corrected chi connectivity index (χ3v) is 2.75. The molecule has 6 heteroatoms. The van der Waals surface area contributed by atoms with Gasteiger partial charge in [-0.25, -0.2) is 0 Å². The summed E-state index contributed by atoms with van der Waals surface area (Å²) in [6.07, 6.45) is 1.76. The van der Waals surface area contributed by atoms with Crippen molar-refractivity contribution in [2.75, 3.05) is 13.2 Å². The van der Waals surface area contributed by atoms with Gasteiger partial charge in [0.05, 0.1) is 18.8 Å². The normalized spacial score (nSPS) is 9.17. The van der Waals surface area contributed by atoms with Crippen LogP contribution < -0.4 is 4.74 Å². The van der Waals surface area contributed by atoms with Crippen LogP contribution in [0.4, 0.5) is 0 Å². The van der Waals surface area contributed by atoms with E-state index >= 15 is 0 Å². The largest absolute Gasteiger partial charge is 0.492 e. The Labute approximate surface area is 142 Å². The highest BCUT2D eigenvalue weighted by atomic mass is 35.5. The lowest BCUT2D eigenvalue weighted by molar-refractivity contribution is -0.145. The van der Waals surface area contributed by atoms with E-state index in [2.05, 4.69) is 0 Å². The number of nitrogens with zero attached hydrogens (tertiary/aromatic N) is 1. The van der Waals surface area contributed by atoms with Crippen LogP contribution >= 0.6 is 11.6 Å². The maximum Gasteiger partial charge on any atom is 0.313 e. The molecular weight excluding hydrogens is 318 g/mol. The number of esters is 1. The number of hydrogen-bond donors (Lipinski definition) is 0. The van der Waals surface area contributed by atoms with Crippen molar-refractivity contribution >= 4 is 23.4 Å². The molecule has 126 valence electrons. The van der Waals surface area contributed by atoms with Gasteiger partial charge >= 0.3 is 5.97 Å². The summed E-state index contributed by atoms with van der Waals surface area (Å²) in [5.74, 6) is 0.0295. The van der Waals surface area contributed by atoms with Crippen LogP contribution in [-0.4, -0.2) is 25.0 Å². The molecule has 0 spiro atoms. The lowest BCUT2D eigenvalue weighted by Crippen LogP contribution is -2.09. The molecule has 0 aliphatic rings. The van der Waals surface area contributed by atoms with E-state index < -0.39 is 5.97 Å². The molecule has 0 bridgehead atoms. The van der Waals surface area contributed by atoms with Gasteiger partial charge in [-0.1, -0.05) is 24.9 Å². The zero-order valence-corrected chi connectivity index (χ0v) is 14.5. The first kappa shape index (κ1) is 20.9. The number of halogens is 1. The number of benzene rings is 1. The quantitative estimate of drug-likeness (QED) is 0.427. The van der Waals surface area contributed by atoms with E-state index in [4.69, 9.17) is 26.3 Å². The molecule has 5 nitrogen and oxygen atoms in total. The molecule has 0 heterocycles. The minimum Gasteiger partial charge on any atom is -0.492 e. The van der Waals surface area contributed by atoms with Gasteiger partial charge in [0, 0.05) is 5.02 Å². The van der Waals surface area contributed by atoms with Crippen molar-refractivity contribution in [1.29, 1.82) is 5.26 Å². The van der Waals surface area contributed by atoms with Gasteiger partial charge in [-0.15, -0.1) is 0 Å². The molecule has 1 aromatic rings. The molecule has 0 fully saturated rings. The summed E-state index contributed by atoms with van der Waals surface area (Å²) < 4.78 is 9.94. The lowest BCUT2D eigenvalue weighted by atomic mass is 10.2. The Morgan fingerprint density at radius 2 is 2.00 bits per heavy atom. The Kier molecular flexibility index (Phi) is 11.4.